The second-order valence-corrected chi connectivity index (χ2v) is 6.32. The third-order valence-electron chi connectivity index (χ3n) is 4.50. The minimum absolute atomic E-state index is 0.0458. The molecular formula is C18H29N3O. The quantitative estimate of drug-likeness (QED) is 0.757. The van der Waals surface area contributed by atoms with Crippen LogP contribution in [0.5, 0.6) is 0 Å². The lowest BCUT2D eigenvalue weighted by atomic mass is 10.0. The Balaban J connectivity index is 1.62. The van der Waals surface area contributed by atoms with Gasteiger partial charge < -0.3 is 16.0 Å². The lowest BCUT2D eigenvalue weighted by Crippen LogP contribution is -2.43. The van der Waals surface area contributed by atoms with E-state index in [0.717, 1.165) is 18.5 Å². The van der Waals surface area contributed by atoms with Gasteiger partial charge in [0.1, 0.15) is 0 Å². The van der Waals surface area contributed by atoms with Gasteiger partial charge in [-0.15, -0.1) is 0 Å². The van der Waals surface area contributed by atoms with Crippen molar-refractivity contribution in [1.82, 2.24) is 10.2 Å². The van der Waals surface area contributed by atoms with Crippen LogP contribution >= 0.6 is 0 Å². The monoisotopic (exact) mass is 303 g/mol. The molecule has 1 aliphatic heterocycles. The summed E-state index contributed by atoms with van der Waals surface area (Å²) in [6.45, 7) is 5.27. The molecule has 122 valence electrons. The second kappa shape index (κ2) is 8.91. The number of nitrogens with two attached hydrogens (primary N) is 1. The molecule has 0 aromatic heterocycles. The largest absolute Gasteiger partial charge is 0.355 e. The molecule has 1 amide bonds. The highest BCUT2D eigenvalue weighted by molar-refractivity contribution is 5.81. The zero-order valence-electron chi connectivity index (χ0n) is 13.6. The molecule has 2 rings (SSSR count). The Bertz CT molecular complexity index is 449. The minimum Gasteiger partial charge on any atom is -0.355 e. The van der Waals surface area contributed by atoms with Gasteiger partial charge in [0.15, 0.2) is 0 Å². The number of piperidine rings is 1. The summed E-state index contributed by atoms with van der Waals surface area (Å²) >= 11 is 0. The Kier molecular flexibility index (Phi) is 6.87. The number of nitrogens with zero attached hydrogens (tertiary/aromatic N) is 1. The van der Waals surface area contributed by atoms with E-state index in [4.69, 9.17) is 5.73 Å². The van der Waals surface area contributed by atoms with Crippen molar-refractivity contribution in [1.29, 1.82) is 0 Å². The van der Waals surface area contributed by atoms with Crippen LogP contribution in [0.1, 0.15) is 38.2 Å². The molecule has 0 aliphatic carbocycles. The average molecular weight is 303 g/mol. The standard InChI is InChI=1S/C18H29N3O/c1-15-8-5-6-12-21(15)13-7-11-20-18(22)17(19)14-16-9-3-2-4-10-16/h2-4,9-10,15,17H,5-8,11-14,19H2,1H3,(H,20,22). The molecule has 1 aromatic rings. The zero-order valence-corrected chi connectivity index (χ0v) is 13.6. The molecule has 22 heavy (non-hydrogen) atoms. The van der Waals surface area contributed by atoms with Gasteiger partial charge in [0, 0.05) is 19.1 Å². The first kappa shape index (κ1) is 17.0. The van der Waals surface area contributed by atoms with E-state index in [-0.39, 0.29) is 5.91 Å². The molecule has 2 atom stereocenters. The van der Waals surface area contributed by atoms with Crippen LogP contribution in [0.15, 0.2) is 30.3 Å². The molecule has 2 unspecified atom stereocenters. The van der Waals surface area contributed by atoms with Gasteiger partial charge in [0.05, 0.1) is 6.04 Å². The number of benzene rings is 1. The van der Waals surface area contributed by atoms with Crippen molar-refractivity contribution in [3.8, 4) is 0 Å². The van der Waals surface area contributed by atoms with Crippen molar-refractivity contribution >= 4 is 5.91 Å². The SMILES string of the molecule is CC1CCCCN1CCCNC(=O)C(N)Cc1ccccc1. The summed E-state index contributed by atoms with van der Waals surface area (Å²) in [5.41, 5.74) is 7.08. The van der Waals surface area contributed by atoms with Crippen LogP contribution < -0.4 is 11.1 Å². The van der Waals surface area contributed by atoms with E-state index in [0.29, 0.717) is 19.0 Å². The van der Waals surface area contributed by atoms with Crippen molar-refractivity contribution in [2.24, 2.45) is 5.73 Å². The molecule has 0 saturated carbocycles. The smallest absolute Gasteiger partial charge is 0.237 e. The van der Waals surface area contributed by atoms with Crippen LogP contribution in [0.4, 0.5) is 0 Å². The highest BCUT2D eigenvalue weighted by Crippen LogP contribution is 2.16. The molecule has 0 radical (unpaired) electrons. The van der Waals surface area contributed by atoms with E-state index in [9.17, 15) is 4.79 Å². The Morgan fingerprint density at radius 2 is 2.14 bits per heavy atom. The van der Waals surface area contributed by atoms with Gasteiger partial charge in [-0.05, 0) is 44.7 Å². The van der Waals surface area contributed by atoms with E-state index in [1.54, 1.807) is 0 Å². The molecule has 1 heterocycles. The maximum atomic E-state index is 12.0. The van der Waals surface area contributed by atoms with Crippen molar-refractivity contribution in [3.63, 3.8) is 0 Å². The predicted molar refractivity (Wildman–Crippen MR) is 90.6 cm³/mol. The first-order valence-corrected chi connectivity index (χ1v) is 8.48. The van der Waals surface area contributed by atoms with Crippen molar-refractivity contribution < 1.29 is 4.79 Å². The van der Waals surface area contributed by atoms with Crippen molar-refractivity contribution in [2.75, 3.05) is 19.6 Å². The summed E-state index contributed by atoms with van der Waals surface area (Å²) in [6.07, 6.45) is 5.54. The molecule has 1 aromatic carbocycles. The van der Waals surface area contributed by atoms with Gasteiger partial charge in [0.2, 0.25) is 5.91 Å². The number of amides is 1. The zero-order chi connectivity index (χ0) is 15.8. The van der Waals surface area contributed by atoms with E-state index in [1.165, 1.54) is 25.8 Å². The topological polar surface area (TPSA) is 58.4 Å². The number of hydrogen-bond donors (Lipinski definition) is 2. The summed E-state index contributed by atoms with van der Waals surface area (Å²) in [4.78, 5) is 14.5. The molecule has 4 nitrogen and oxygen atoms in total. The minimum atomic E-state index is -0.462. The molecule has 4 heteroatoms. The maximum Gasteiger partial charge on any atom is 0.237 e. The van der Waals surface area contributed by atoms with Crippen molar-refractivity contribution in [3.05, 3.63) is 35.9 Å². The van der Waals surface area contributed by atoms with Gasteiger partial charge >= 0.3 is 0 Å². The highest BCUT2D eigenvalue weighted by atomic mass is 16.2. The fourth-order valence-corrected chi connectivity index (χ4v) is 3.08. The van der Waals surface area contributed by atoms with Crippen LogP contribution in [0.3, 0.4) is 0 Å². The first-order valence-electron chi connectivity index (χ1n) is 8.48. The lowest BCUT2D eigenvalue weighted by Gasteiger charge is -2.33. The summed E-state index contributed by atoms with van der Waals surface area (Å²) in [6, 6.07) is 10.1. The van der Waals surface area contributed by atoms with E-state index in [2.05, 4.69) is 17.1 Å². The van der Waals surface area contributed by atoms with E-state index in [1.807, 2.05) is 30.3 Å². The van der Waals surface area contributed by atoms with Crippen LogP contribution in [0, 0.1) is 0 Å². The molecule has 1 aliphatic rings. The Morgan fingerprint density at radius 1 is 1.36 bits per heavy atom. The van der Waals surface area contributed by atoms with Gasteiger partial charge in [-0.25, -0.2) is 0 Å². The number of carbonyl (C=O) groups excluding carboxylic acids is 1. The Labute approximate surface area is 134 Å². The van der Waals surface area contributed by atoms with Gasteiger partial charge in [-0.3, -0.25) is 4.79 Å². The van der Waals surface area contributed by atoms with Gasteiger partial charge in [-0.2, -0.15) is 0 Å². The number of hydrogen-bond acceptors (Lipinski definition) is 3. The van der Waals surface area contributed by atoms with Gasteiger partial charge in [0.25, 0.3) is 0 Å². The summed E-state index contributed by atoms with van der Waals surface area (Å²) in [7, 11) is 0. The van der Waals surface area contributed by atoms with Crippen LogP contribution in [0.25, 0.3) is 0 Å². The maximum absolute atomic E-state index is 12.0. The lowest BCUT2D eigenvalue weighted by molar-refractivity contribution is -0.122. The van der Waals surface area contributed by atoms with E-state index < -0.39 is 6.04 Å². The Morgan fingerprint density at radius 3 is 2.86 bits per heavy atom. The summed E-state index contributed by atoms with van der Waals surface area (Å²) < 4.78 is 0. The third kappa shape index (κ3) is 5.43. The summed E-state index contributed by atoms with van der Waals surface area (Å²) in [5.74, 6) is -0.0458. The molecule has 0 bridgehead atoms. The number of rotatable bonds is 7. The molecule has 0 spiro atoms. The second-order valence-electron chi connectivity index (χ2n) is 6.32. The fourth-order valence-electron chi connectivity index (χ4n) is 3.08. The number of carbonyl (C=O) groups is 1. The Hall–Kier alpha value is -1.39. The molecule has 1 saturated heterocycles. The van der Waals surface area contributed by atoms with Crippen LogP contribution in [0.2, 0.25) is 0 Å². The normalized spacial score (nSPS) is 20.5. The fraction of sp³-hybridized carbons (Fsp3) is 0.611. The summed E-state index contributed by atoms with van der Waals surface area (Å²) in [5, 5.41) is 2.97. The molecular weight excluding hydrogens is 274 g/mol. The van der Waals surface area contributed by atoms with Gasteiger partial charge in [-0.1, -0.05) is 36.8 Å². The molecule has 1 fully saturated rings. The van der Waals surface area contributed by atoms with E-state index >= 15 is 0 Å². The van der Waals surface area contributed by atoms with Crippen LogP contribution in [-0.2, 0) is 11.2 Å². The average Bonchev–Trinajstić information content (AvgIpc) is 2.53. The third-order valence-corrected chi connectivity index (χ3v) is 4.50. The predicted octanol–water partition coefficient (Wildman–Crippen LogP) is 1.94. The highest BCUT2D eigenvalue weighted by Gasteiger charge is 2.18. The molecule has 3 N–H and O–H groups in total. The number of likely N-dealkylation sites (tertiary alicyclic amines) is 1. The van der Waals surface area contributed by atoms with Crippen molar-refractivity contribution in [2.45, 2.75) is 51.1 Å². The first-order chi connectivity index (χ1) is 10.7. The number of nitrogens with one attached hydrogen (secondary N) is 1. The van der Waals surface area contributed by atoms with Crippen LogP contribution in [-0.4, -0.2) is 42.5 Å².